The molecule has 1 N–H and O–H groups in total. The maximum atomic E-state index is 12.4. The Kier molecular flexibility index (Phi) is 3.36. The molecule has 0 bridgehead atoms. The van der Waals surface area contributed by atoms with Gasteiger partial charge < -0.3 is 10.1 Å². The largest absolute Gasteiger partial charge is 0.380 e. The Labute approximate surface area is 149 Å². The molecule has 2 fully saturated rings. The number of carbonyl (C=O) groups is 1. The van der Waals surface area contributed by atoms with Crippen molar-refractivity contribution in [3.63, 3.8) is 0 Å². The fourth-order valence-corrected chi connectivity index (χ4v) is 4.52. The van der Waals surface area contributed by atoms with Crippen molar-refractivity contribution < 1.29 is 9.53 Å². The summed E-state index contributed by atoms with van der Waals surface area (Å²) < 4.78 is 5.26. The van der Waals surface area contributed by atoms with Gasteiger partial charge in [-0.15, -0.1) is 0 Å². The third-order valence-corrected chi connectivity index (χ3v) is 6.17. The molecule has 25 heavy (non-hydrogen) atoms. The van der Waals surface area contributed by atoms with Crippen LogP contribution >= 0.6 is 11.3 Å². The average molecular weight is 351 g/mol. The Bertz CT molecular complexity index is 956. The van der Waals surface area contributed by atoms with Crippen molar-refractivity contribution in [1.82, 2.24) is 9.97 Å². The summed E-state index contributed by atoms with van der Waals surface area (Å²) in [4.78, 5) is 21.9. The molecule has 3 heterocycles. The molecule has 0 radical (unpaired) electrons. The van der Waals surface area contributed by atoms with E-state index >= 15 is 0 Å². The van der Waals surface area contributed by atoms with Gasteiger partial charge in [0.2, 0.25) is 5.91 Å². The summed E-state index contributed by atoms with van der Waals surface area (Å²) >= 11 is 1.51. The molecule has 1 aromatic carbocycles. The number of benzene rings is 1. The molecular weight excluding hydrogens is 334 g/mol. The van der Waals surface area contributed by atoms with Crippen molar-refractivity contribution in [3.05, 3.63) is 42.9 Å². The summed E-state index contributed by atoms with van der Waals surface area (Å²) in [6.07, 6.45) is 7.36. The van der Waals surface area contributed by atoms with Crippen molar-refractivity contribution in [1.29, 1.82) is 0 Å². The summed E-state index contributed by atoms with van der Waals surface area (Å²) in [6, 6.07) is 8.25. The lowest BCUT2D eigenvalue weighted by molar-refractivity contribution is -0.181. The summed E-state index contributed by atoms with van der Waals surface area (Å²) in [7, 11) is 0. The monoisotopic (exact) mass is 351 g/mol. The maximum absolute atomic E-state index is 12.4. The minimum absolute atomic E-state index is 0.0861. The lowest BCUT2D eigenvalue weighted by Crippen LogP contribution is -2.54. The molecule has 2 aromatic heterocycles. The maximum Gasteiger partial charge on any atom is 0.229 e. The molecule has 5 nitrogen and oxygen atoms in total. The molecule has 6 heteroatoms. The molecule has 126 valence electrons. The third kappa shape index (κ3) is 2.62. The van der Waals surface area contributed by atoms with Gasteiger partial charge in [-0.05, 0) is 35.9 Å². The van der Waals surface area contributed by atoms with E-state index in [0.29, 0.717) is 10.5 Å². The van der Waals surface area contributed by atoms with Gasteiger partial charge in [0.05, 0.1) is 18.1 Å². The molecule has 5 rings (SSSR count). The van der Waals surface area contributed by atoms with Crippen LogP contribution in [0.1, 0.15) is 12.8 Å². The van der Waals surface area contributed by atoms with Crippen LogP contribution < -0.4 is 5.32 Å². The topological polar surface area (TPSA) is 64.1 Å². The second kappa shape index (κ2) is 5.61. The van der Waals surface area contributed by atoms with Crippen LogP contribution in [0, 0.1) is 11.3 Å². The van der Waals surface area contributed by atoms with E-state index in [1.807, 2.05) is 18.5 Å². The van der Waals surface area contributed by atoms with Crippen molar-refractivity contribution >= 4 is 33.1 Å². The van der Waals surface area contributed by atoms with Gasteiger partial charge in [-0.2, -0.15) is 0 Å². The van der Waals surface area contributed by atoms with Gasteiger partial charge in [-0.3, -0.25) is 9.78 Å². The second-order valence-electron chi connectivity index (χ2n) is 7.05. The lowest BCUT2D eigenvalue weighted by Gasteiger charge is -2.52. The number of nitrogens with one attached hydrogen (secondary N) is 1. The van der Waals surface area contributed by atoms with Crippen molar-refractivity contribution in [3.8, 4) is 10.4 Å². The summed E-state index contributed by atoms with van der Waals surface area (Å²) in [6.45, 7) is 1.63. The van der Waals surface area contributed by atoms with Crippen LogP contribution in [0.4, 0.5) is 5.13 Å². The first-order valence-electron chi connectivity index (χ1n) is 8.39. The predicted octanol–water partition coefficient (Wildman–Crippen LogP) is 3.72. The van der Waals surface area contributed by atoms with Crippen molar-refractivity contribution in [2.45, 2.75) is 12.8 Å². The Morgan fingerprint density at radius 3 is 2.88 bits per heavy atom. The smallest absolute Gasteiger partial charge is 0.229 e. The Hall–Kier alpha value is -2.31. The highest BCUT2D eigenvalue weighted by Gasteiger charge is 2.52. The van der Waals surface area contributed by atoms with Crippen molar-refractivity contribution in [2.24, 2.45) is 11.3 Å². The molecule has 1 aliphatic heterocycles. The molecule has 1 aliphatic carbocycles. The number of ether oxygens (including phenoxy) is 1. The number of amides is 1. The lowest BCUT2D eigenvalue weighted by atomic mass is 9.60. The number of hydrogen-bond donors (Lipinski definition) is 1. The fourth-order valence-electron chi connectivity index (χ4n) is 3.71. The zero-order valence-electron chi connectivity index (χ0n) is 13.6. The molecule has 1 saturated carbocycles. The number of pyridine rings is 1. The first-order valence-corrected chi connectivity index (χ1v) is 9.21. The number of carbonyl (C=O) groups excluding carboxylic acids is 1. The van der Waals surface area contributed by atoms with Gasteiger partial charge >= 0.3 is 0 Å². The highest BCUT2D eigenvalue weighted by Crippen LogP contribution is 2.51. The van der Waals surface area contributed by atoms with E-state index in [4.69, 9.17) is 4.74 Å². The summed E-state index contributed by atoms with van der Waals surface area (Å²) in [5, 5.41) is 5.90. The van der Waals surface area contributed by atoms with Gasteiger partial charge in [0.1, 0.15) is 0 Å². The first-order chi connectivity index (χ1) is 12.2. The number of fused-ring (bicyclic) bond motifs is 1. The van der Waals surface area contributed by atoms with Gasteiger partial charge in [0, 0.05) is 35.3 Å². The molecule has 2 aliphatic rings. The van der Waals surface area contributed by atoms with E-state index < -0.39 is 0 Å². The molecular formula is C19H17N3O2S. The average Bonchev–Trinajstić information content (AvgIpc) is 3.00. The van der Waals surface area contributed by atoms with Crippen LogP contribution in [-0.4, -0.2) is 29.1 Å². The van der Waals surface area contributed by atoms with E-state index in [2.05, 4.69) is 33.5 Å². The number of aromatic nitrogens is 2. The normalized spacial score (nSPS) is 18.7. The van der Waals surface area contributed by atoms with Crippen LogP contribution in [0.3, 0.4) is 0 Å². The zero-order valence-corrected chi connectivity index (χ0v) is 14.4. The molecule has 1 amide bonds. The van der Waals surface area contributed by atoms with E-state index in [1.54, 1.807) is 6.20 Å². The van der Waals surface area contributed by atoms with Crippen LogP contribution in [0.5, 0.6) is 0 Å². The minimum atomic E-state index is 0.0861. The van der Waals surface area contributed by atoms with E-state index in [9.17, 15) is 4.79 Å². The van der Waals surface area contributed by atoms with Gasteiger partial charge in [-0.25, -0.2) is 4.98 Å². The molecule has 0 unspecified atom stereocenters. The zero-order chi connectivity index (χ0) is 16.9. The van der Waals surface area contributed by atoms with Crippen LogP contribution in [0.25, 0.3) is 21.2 Å². The molecule has 0 atom stereocenters. The van der Waals surface area contributed by atoms with Crippen LogP contribution in [-0.2, 0) is 9.53 Å². The van der Waals surface area contributed by atoms with E-state index in [0.717, 1.165) is 47.3 Å². The van der Waals surface area contributed by atoms with Gasteiger partial charge in [0.25, 0.3) is 0 Å². The third-order valence-electron chi connectivity index (χ3n) is 5.21. The quantitative estimate of drug-likeness (QED) is 0.781. The number of rotatable bonds is 3. The second-order valence-corrected chi connectivity index (χ2v) is 8.09. The number of nitrogens with zero attached hydrogens (tertiary/aromatic N) is 2. The van der Waals surface area contributed by atoms with Crippen LogP contribution in [0.2, 0.25) is 0 Å². The fraction of sp³-hybridized carbons (Fsp3) is 0.316. The highest BCUT2D eigenvalue weighted by atomic mass is 32.1. The van der Waals surface area contributed by atoms with E-state index in [1.165, 1.54) is 11.3 Å². The minimum Gasteiger partial charge on any atom is -0.380 e. The van der Waals surface area contributed by atoms with E-state index in [-0.39, 0.29) is 11.8 Å². The summed E-state index contributed by atoms with van der Waals surface area (Å²) in [5.74, 6) is 0.187. The number of hydrogen-bond acceptors (Lipinski definition) is 5. The van der Waals surface area contributed by atoms with Gasteiger partial charge in [0.15, 0.2) is 5.13 Å². The Morgan fingerprint density at radius 1 is 1.20 bits per heavy atom. The Balaban J connectivity index is 1.30. The molecule has 1 saturated heterocycles. The standard InChI is InChI=1S/C19H17N3O2S/c23-17(15-6-19(7-15)10-24-11-19)22-18-21-9-16(25-18)13-1-2-14-8-20-4-3-12(14)5-13/h1-5,8-9,15H,6-7,10-11H2,(H,21,22,23). The summed E-state index contributed by atoms with van der Waals surface area (Å²) in [5.41, 5.74) is 1.40. The highest BCUT2D eigenvalue weighted by molar-refractivity contribution is 7.19. The molecule has 3 aromatic rings. The van der Waals surface area contributed by atoms with Gasteiger partial charge in [-0.1, -0.05) is 23.5 Å². The predicted molar refractivity (Wildman–Crippen MR) is 97.5 cm³/mol. The number of anilines is 1. The SMILES string of the molecule is O=C(Nc1ncc(-c2ccc3cnccc3c2)s1)C1CC2(COC2)C1. The Morgan fingerprint density at radius 2 is 2.08 bits per heavy atom. The number of thiazole rings is 1. The van der Waals surface area contributed by atoms with Crippen molar-refractivity contribution in [2.75, 3.05) is 18.5 Å². The first kappa shape index (κ1) is 15.0. The molecule has 1 spiro atoms. The van der Waals surface area contributed by atoms with Crippen LogP contribution in [0.15, 0.2) is 42.9 Å².